The maximum Gasteiger partial charge on any atom is 0.254 e. The van der Waals surface area contributed by atoms with Crippen LogP contribution in [0, 0.1) is 5.92 Å². The summed E-state index contributed by atoms with van der Waals surface area (Å²) in [6.07, 6.45) is 9.43. The topological polar surface area (TPSA) is 82.4 Å². The Labute approximate surface area is 173 Å². The number of hydrazine groups is 1. The number of aromatic nitrogens is 1. The Bertz CT molecular complexity index is 808. The fourth-order valence-corrected chi connectivity index (χ4v) is 4.22. The van der Waals surface area contributed by atoms with Crippen LogP contribution < -0.4 is 5.73 Å². The highest BCUT2D eigenvalue weighted by Crippen LogP contribution is 2.23. The number of H-pyrrole nitrogens is 1. The molecular formula is C23H33N4O2. The Morgan fingerprint density at radius 3 is 2.55 bits per heavy atom. The molecule has 29 heavy (non-hydrogen) atoms. The first kappa shape index (κ1) is 21.5. The predicted molar refractivity (Wildman–Crippen MR) is 116 cm³/mol. The number of para-hydroxylation sites is 1. The molecule has 0 spiro atoms. The van der Waals surface area contributed by atoms with E-state index in [0.717, 1.165) is 55.2 Å². The van der Waals surface area contributed by atoms with Crippen LogP contribution in [0.3, 0.4) is 0 Å². The van der Waals surface area contributed by atoms with Gasteiger partial charge in [0.1, 0.15) is 6.04 Å². The second-order valence-electron chi connectivity index (χ2n) is 8.48. The number of benzene rings is 1. The van der Waals surface area contributed by atoms with E-state index in [1.54, 1.807) is 5.01 Å². The summed E-state index contributed by atoms with van der Waals surface area (Å²) in [5, 5.41) is 4.75. The molecule has 1 radical (unpaired) electrons. The largest absolute Gasteiger partial charge is 0.361 e. The fraction of sp³-hybridized carbons (Fsp3) is 0.565. The number of carbonyl (C=O) groups is 1. The van der Waals surface area contributed by atoms with E-state index in [9.17, 15) is 9.59 Å². The Morgan fingerprint density at radius 1 is 1.21 bits per heavy atom. The van der Waals surface area contributed by atoms with E-state index >= 15 is 0 Å². The van der Waals surface area contributed by atoms with Gasteiger partial charge in [0.2, 0.25) is 6.29 Å². The van der Waals surface area contributed by atoms with Crippen LogP contribution in [-0.4, -0.2) is 52.4 Å². The zero-order valence-electron chi connectivity index (χ0n) is 17.6. The van der Waals surface area contributed by atoms with Gasteiger partial charge in [-0.15, -0.1) is 0 Å². The van der Waals surface area contributed by atoms with Crippen molar-refractivity contribution < 1.29 is 9.59 Å². The van der Waals surface area contributed by atoms with Crippen molar-refractivity contribution in [3.05, 3.63) is 36.0 Å². The number of hydrogen-bond acceptors (Lipinski definition) is 4. The molecule has 0 bridgehead atoms. The van der Waals surface area contributed by atoms with Crippen molar-refractivity contribution >= 4 is 23.1 Å². The van der Waals surface area contributed by atoms with Crippen LogP contribution >= 0.6 is 0 Å². The first-order chi connectivity index (χ1) is 14.0. The van der Waals surface area contributed by atoms with Gasteiger partial charge >= 0.3 is 0 Å². The van der Waals surface area contributed by atoms with Gasteiger partial charge in [-0.3, -0.25) is 14.6 Å². The SMILES string of the molecule is CC(C)C[C@H](N)C(=O)N([C@@H]([C]=O)Cc1c[nH]c2ccccc12)N1CCCCCC1. The number of carbonyl (C=O) groups excluding carboxylic acids is 2. The molecular weight excluding hydrogens is 364 g/mol. The molecule has 0 unspecified atom stereocenters. The number of fused-ring (bicyclic) bond motifs is 1. The lowest BCUT2D eigenvalue weighted by Crippen LogP contribution is -2.58. The summed E-state index contributed by atoms with van der Waals surface area (Å²) in [6.45, 7) is 5.65. The molecule has 2 atom stereocenters. The number of aromatic amines is 1. The number of nitrogens with two attached hydrogens (primary N) is 1. The quantitative estimate of drug-likeness (QED) is 0.717. The Balaban J connectivity index is 1.89. The van der Waals surface area contributed by atoms with E-state index in [0.29, 0.717) is 18.8 Å². The van der Waals surface area contributed by atoms with Gasteiger partial charge in [-0.25, -0.2) is 5.01 Å². The van der Waals surface area contributed by atoms with Crippen LogP contribution in [-0.2, 0) is 16.0 Å². The van der Waals surface area contributed by atoms with Gasteiger partial charge in [0, 0.05) is 36.6 Å². The lowest BCUT2D eigenvalue weighted by atomic mass is 10.0. The number of nitrogens with one attached hydrogen (secondary N) is 1. The number of amides is 1. The summed E-state index contributed by atoms with van der Waals surface area (Å²) in [4.78, 5) is 28.7. The summed E-state index contributed by atoms with van der Waals surface area (Å²) in [5.74, 6) is 0.140. The minimum Gasteiger partial charge on any atom is -0.361 e. The molecule has 1 amide bonds. The van der Waals surface area contributed by atoms with Gasteiger partial charge in [-0.1, -0.05) is 44.9 Å². The first-order valence-electron chi connectivity index (χ1n) is 10.8. The van der Waals surface area contributed by atoms with Gasteiger partial charge in [0.05, 0.1) is 6.04 Å². The minimum absolute atomic E-state index is 0.172. The first-order valence-corrected chi connectivity index (χ1v) is 10.8. The second-order valence-corrected chi connectivity index (χ2v) is 8.48. The monoisotopic (exact) mass is 397 g/mol. The minimum atomic E-state index is -0.682. The predicted octanol–water partition coefficient (Wildman–Crippen LogP) is 3.18. The van der Waals surface area contributed by atoms with Gasteiger partial charge in [-0.2, -0.15) is 0 Å². The fourth-order valence-electron chi connectivity index (χ4n) is 4.22. The molecule has 3 N–H and O–H groups in total. The highest BCUT2D eigenvalue weighted by atomic mass is 16.2. The highest BCUT2D eigenvalue weighted by Gasteiger charge is 2.34. The molecule has 6 heteroatoms. The van der Waals surface area contributed by atoms with Crippen LogP contribution in [0.25, 0.3) is 10.9 Å². The van der Waals surface area contributed by atoms with Crippen LogP contribution in [0.5, 0.6) is 0 Å². The maximum atomic E-state index is 13.4. The number of rotatable bonds is 8. The van der Waals surface area contributed by atoms with Crippen LogP contribution in [0.15, 0.2) is 30.5 Å². The maximum absolute atomic E-state index is 13.4. The summed E-state index contributed by atoms with van der Waals surface area (Å²) < 4.78 is 0. The molecule has 6 nitrogen and oxygen atoms in total. The average molecular weight is 398 g/mol. The molecule has 1 aliphatic heterocycles. The van der Waals surface area contributed by atoms with Gasteiger partial charge < -0.3 is 10.7 Å². The van der Waals surface area contributed by atoms with E-state index in [-0.39, 0.29) is 5.91 Å². The second kappa shape index (κ2) is 10.0. The van der Waals surface area contributed by atoms with E-state index in [1.165, 1.54) is 0 Å². The van der Waals surface area contributed by atoms with Crippen LogP contribution in [0.4, 0.5) is 0 Å². The van der Waals surface area contributed by atoms with Crippen LogP contribution in [0.2, 0.25) is 0 Å². The summed E-state index contributed by atoms with van der Waals surface area (Å²) in [7, 11) is 0. The number of nitrogens with zero attached hydrogens (tertiary/aromatic N) is 2. The molecule has 2 aromatic rings. The molecule has 157 valence electrons. The van der Waals surface area contributed by atoms with E-state index in [1.807, 2.05) is 35.5 Å². The Morgan fingerprint density at radius 2 is 1.90 bits per heavy atom. The van der Waals surface area contributed by atoms with Crippen molar-refractivity contribution in [2.75, 3.05) is 13.1 Å². The van der Waals surface area contributed by atoms with E-state index in [2.05, 4.69) is 25.1 Å². The Kier molecular flexibility index (Phi) is 7.45. The third kappa shape index (κ3) is 5.25. The lowest BCUT2D eigenvalue weighted by Gasteiger charge is -2.39. The molecule has 1 saturated heterocycles. The van der Waals surface area contributed by atoms with Gasteiger partial charge in [-0.05, 0) is 36.8 Å². The van der Waals surface area contributed by atoms with E-state index in [4.69, 9.17) is 5.73 Å². The van der Waals surface area contributed by atoms with Crippen molar-refractivity contribution in [3.63, 3.8) is 0 Å². The van der Waals surface area contributed by atoms with Crippen molar-refractivity contribution in [2.24, 2.45) is 11.7 Å². The zero-order valence-corrected chi connectivity index (χ0v) is 17.6. The smallest absolute Gasteiger partial charge is 0.254 e. The average Bonchev–Trinajstić information content (AvgIpc) is 2.92. The normalized spacial score (nSPS) is 17.8. The lowest BCUT2D eigenvalue weighted by molar-refractivity contribution is -0.154. The number of hydrogen-bond donors (Lipinski definition) is 2. The summed E-state index contributed by atoms with van der Waals surface area (Å²) in [6, 6.07) is 6.70. The molecule has 3 rings (SSSR count). The molecule has 1 aromatic heterocycles. The van der Waals surface area contributed by atoms with Crippen LogP contribution in [0.1, 0.15) is 51.5 Å². The molecule has 0 saturated carbocycles. The van der Waals surface area contributed by atoms with Crippen molar-refractivity contribution in [1.82, 2.24) is 15.0 Å². The van der Waals surface area contributed by atoms with Gasteiger partial charge in [0.25, 0.3) is 5.91 Å². The summed E-state index contributed by atoms with van der Waals surface area (Å²) >= 11 is 0. The molecule has 2 heterocycles. The highest BCUT2D eigenvalue weighted by molar-refractivity contribution is 5.86. The van der Waals surface area contributed by atoms with E-state index < -0.39 is 12.1 Å². The van der Waals surface area contributed by atoms with Gasteiger partial charge in [0.15, 0.2) is 0 Å². The third-order valence-corrected chi connectivity index (χ3v) is 5.67. The van der Waals surface area contributed by atoms with Crippen molar-refractivity contribution in [2.45, 2.75) is 64.5 Å². The summed E-state index contributed by atoms with van der Waals surface area (Å²) in [5.41, 5.74) is 8.30. The molecule has 1 aliphatic rings. The third-order valence-electron chi connectivity index (χ3n) is 5.67. The Hall–Kier alpha value is -2.18. The van der Waals surface area contributed by atoms with Crippen molar-refractivity contribution in [1.29, 1.82) is 0 Å². The standard InChI is InChI=1S/C23H33N4O2/c1-17(2)13-21(24)23(29)27(26-11-7-3-4-8-12-26)19(16-28)14-18-15-25-22-10-6-5-9-20(18)22/h5-6,9-10,15,17,19,21,25H,3-4,7-8,11-14,24H2,1-2H3/t19-,21+/m1/s1. The van der Waals surface area contributed by atoms with Crippen molar-refractivity contribution in [3.8, 4) is 0 Å². The molecule has 1 aromatic carbocycles. The molecule has 1 fully saturated rings. The zero-order chi connectivity index (χ0) is 20.8. The molecule has 0 aliphatic carbocycles.